The van der Waals surface area contributed by atoms with Gasteiger partial charge >= 0.3 is 5.97 Å². The largest absolute Gasteiger partial charge is 0.475 e. The summed E-state index contributed by atoms with van der Waals surface area (Å²) in [6.45, 7) is 3.81. The third-order valence-corrected chi connectivity index (χ3v) is 2.97. The van der Waals surface area contributed by atoms with E-state index in [-0.39, 0.29) is 12.4 Å². The van der Waals surface area contributed by atoms with Crippen LogP contribution in [0.1, 0.15) is 27.2 Å². The Balaban J connectivity index is 2.55. The molecule has 0 aliphatic carbocycles. The highest BCUT2D eigenvalue weighted by molar-refractivity contribution is 5.85. The van der Waals surface area contributed by atoms with Crippen LogP contribution in [0.4, 0.5) is 0 Å². The van der Waals surface area contributed by atoms with Crippen molar-refractivity contribution in [1.82, 2.24) is 0 Å². The zero-order valence-corrected chi connectivity index (χ0v) is 10.2. The number of aromatic carboxylic acids is 1. The number of aliphatic hydroxyl groups excluding tert-OH is 1. The molecule has 0 saturated heterocycles. The number of rotatable bonds is 3. The van der Waals surface area contributed by atoms with E-state index in [1.165, 1.54) is 6.07 Å². The van der Waals surface area contributed by atoms with E-state index >= 15 is 0 Å². The molecule has 0 aliphatic rings. The fourth-order valence-corrected chi connectivity index (χ4v) is 1.83. The maximum Gasteiger partial charge on any atom is 0.371 e. The van der Waals surface area contributed by atoms with E-state index in [1.807, 2.05) is 26.0 Å². The number of aliphatic hydroxyl groups is 1. The number of carbonyl (C=O) groups is 1. The normalized spacial score (nSPS) is 10.6. The summed E-state index contributed by atoms with van der Waals surface area (Å²) in [6, 6.07) is 6.79. The molecular weight excluding hydrogens is 232 g/mol. The van der Waals surface area contributed by atoms with E-state index in [9.17, 15) is 9.90 Å². The van der Waals surface area contributed by atoms with E-state index in [0.29, 0.717) is 5.76 Å². The van der Waals surface area contributed by atoms with Crippen LogP contribution in [-0.2, 0) is 6.61 Å². The lowest BCUT2D eigenvalue weighted by molar-refractivity contribution is 0.0663. The van der Waals surface area contributed by atoms with Gasteiger partial charge in [0, 0.05) is 5.56 Å². The minimum Gasteiger partial charge on any atom is -0.475 e. The molecule has 1 aromatic heterocycles. The number of hydrogen-bond acceptors (Lipinski definition) is 3. The van der Waals surface area contributed by atoms with Gasteiger partial charge in [0.15, 0.2) is 0 Å². The molecule has 0 radical (unpaired) electrons. The summed E-state index contributed by atoms with van der Waals surface area (Å²) >= 11 is 0. The van der Waals surface area contributed by atoms with Crippen molar-refractivity contribution in [2.24, 2.45) is 0 Å². The summed E-state index contributed by atoms with van der Waals surface area (Å²) in [5.41, 5.74) is 3.60. The maximum absolute atomic E-state index is 10.8. The molecule has 0 saturated carbocycles. The van der Waals surface area contributed by atoms with Gasteiger partial charge < -0.3 is 14.6 Å². The maximum atomic E-state index is 10.8. The standard InChI is InChI=1S/C14H14O4/c1-8-5-10(7-15)11(6-9(8)2)12-3-4-13(18-12)14(16)17/h3-6,15H,7H2,1-2H3,(H,16,17). The molecule has 2 aromatic rings. The molecule has 0 spiro atoms. The van der Waals surface area contributed by atoms with E-state index in [4.69, 9.17) is 9.52 Å². The van der Waals surface area contributed by atoms with Crippen LogP contribution in [0.25, 0.3) is 11.3 Å². The van der Waals surface area contributed by atoms with Crippen molar-refractivity contribution in [3.63, 3.8) is 0 Å². The minimum atomic E-state index is -1.10. The Morgan fingerprint density at radius 3 is 2.44 bits per heavy atom. The van der Waals surface area contributed by atoms with Crippen molar-refractivity contribution in [3.8, 4) is 11.3 Å². The monoisotopic (exact) mass is 246 g/mol. The Bertz CT molecular complexity index is 596. The molecule has 0 bridgehead atoms. The summed E-state index contributed by atoms with van der Waals surface area (Å²) in [5, 5.41) is 18.2. The van der Waals surface area contributed by atoms with Gasteiger partial charge in [0.1, 0.15) is 5.76 Å². The zero-order valence-electron chi connectivity index (χ0n) is 10.2. The van der Waals surface area contributed by atoms with Crippen molar-refractivity contribution in [3.05, 3.63) is 46.7 Å². The van der Waals surface area contributed by atoms with Gasteiger partial charge in [0.2, 0.25) is 5.76 Å². The second-order valence-electron chi connectivity index (χ2n) is 4.22. The third-order valence-electron chi connectivity index (χ3n) is 2.97. The Labute approximate surface area is 104 Å². The number of hydrogen-bond donors (Lipinski definition) is 2. The van der Waals surface area contributed by atoms with Gasteiger partial charge in [0.25, 0.3) is 0 Å². The van der Waals surface area contributed by atoms with Crippen LogP contribution >= 0.6 is 0 Å². The van der Waals surface area contributed by atoms with Crippen molar-refractivity contribution in [2.75, 3.05) is 0 Å². The molecule has 1 aromatic carbocycles. The molecule has 0 atom stereocenters. The Kier molecular flexibility index (Phi) is 3.21. The topological polar surface area (TPSA) is 70.7 Å². The lowest BCUT2D eigenvalue weighted by Crippen LogP contribution is -1.94. The predicted octanol–water partition coefficient (Wildman–Crippen LogP) is 2.75. The molecule has 4 heteroatoms. The number of aryl methyl sites for hydroxylation is 2. The number of benzene rings is 1. The average Bonchev–Trinajstić information content (AvgIpc) is 2.81. The molecule has 4 nitrogen and oxygen atoms in total. The first-order valence-electron chi connectivity index (χ1n) is 5.57. The van der Waals surface area contributed by atoms with Gasteiger partial charge in [0.05, 0.1) is 6.61 Å². The molecule has 0 amide bonds. The van der Waals surface area contributed by atoms with Gasteiger partial charge in [-0.25, -0.2) is 4.79 Å². The summed E-state index contributed by atoms with van der Waals surface area (Å²) < 4.78 is 5.26. The molecule has 18 heavy (non-hydrogen) atoms. The van der Waals surface area contributed by atoms with Gasteiger partial charge in [-0.1, -0.05) is 6.07 Å². The highest BCUT2D eigenvalue weighted by atomic mass is 16.4. The van der Waals surface area contributed by atoms with Crippen LogP contribution in [0, 0.1) is 13.8 Å². The first-order chi connectivity index (χ1) is 8.52. The Hall–Kier alpha value is -2.07. The molecule has 0 unspecified atom stereocenters. The van der Waals surface area contributed by atoms with Gasteiger partial charge in [-0.05, 0) is 48.7 Å². The highest BCUT2D eigenvalue weighted by Gasteiger charge is 2.14. The number of carboxylic acid groups (broad SMARTS) is 1. The molecule has 94 valence electrons. The minimum absolute atomic E-state index is 0.105. The van der Waals surface area contributed by atoms with Crippen LogP contribution in [0.15, 0.2) is 28.7 Å². The molecular formula is C14H14O4. The number of carboxylic acids is 1. The van der Waals surface area contributed by atoms with Crippen molar-refractivity contribution in [1.29, 1.82) is 0 Å². The highest BCUT2D eigenvalue weighted by Crippen LogP contribution is 2.28. The number of furan rings is 1. The van der Waals surface area contributed by atoms with Crippen molar-refractivity contribution in [2.45, 2.75) is 20.5 Å². The Morgan fingerprint density at radius 1 is 1.22 bits per heavy atom. The average molecular weight is 246 g/mol. The molecule has 2 rings (SSSR count). The van der Waals surface area contributed by atoms with Crippen LogP contribution in [0.5, 0.6) is 0 Å². The zero-order chi connectivity index (χ0) is 13.3. The van der Waals surface area contributed by atoms with Crippen LogP contribution in [0.3, 0.4) is 0 Å². The van der Waals surface area contributed by atoms with E-state index in [0.717, 1.165) is 22.3 Å². The third kappa shape index (κ3) is 2.15. The van der Waals surface area contributed by atoms with Gasteiger partial charge in [-0.2, -0.15) is 0 Å². The van der Waals surface area contributed by atoms with Gasteiger partial charge in [-0.15, -0.1) is 0 Å². The quantitative estimate of drug-likeness (QED) is 0.873. The molecule has 2 N–H and O–H groups in total. The predicted molar refractivity (Wildman–Crippen MR) is 66.5 cm³/mol. The molecule has 0 aliphatic heterocycles. The summed E-state index contributed by atoms with van der Waals surface area (Å²) in [6.07, 6.45) is 0. The summed E-state index contributed by atoms with van der Waals surface area (Å²) in [5.74, 6) is -0.748. The lowest BCUT2D eigenvalue weighted by Gasteiger charge is -2.09. The second kappa shape index (κ2) is 4.66. The van der Waals surface area contributed by atoms with Crippen LogP contribution < -0.4 is 0 Å². The van der Waals surface area contributed by atoms with E-state index < -0.39 is 5.97 Å². The van der Waals surface area contributed by atoms with Crippen LogP contribution in [-0.4, -0.2) is 16.2 Å². The van der Waals surface area contributed by atoms with E-state index in [2.05, 4.69) is 0 Å². The first kappa shape index (κ1) is 12.4. The van der Waals surface area contributed by atoms with Gasteiger partial charge in [-0.3, -0.25) is 0 Å². The smallest absolute Gasteiger partial charge is 0.371 e. The Morgan fingerprint density at radius 2 is 1.89 bits per heavy atom. The SMILES string of the molecule is Cc1cc(CO)c(-c2ccc(C(=O)O)o2)cc1C. The fraction of sp³-hybridized carbons (Fsp3) is 0.214. The summed E-state index contributed by atoms with van der Waals surface area (Å²) in [4.78, 5) is 10.8. The molecule has 1 heterocycles. The summed E-state index contributed by atoms with van der Waals surface area (Å²) in [7, 11) is 0. The molecule has 0 fully saturated rings. The first-order valence-corrected chi connectivity index (χ1v) is 5.57. The van der Waals surface area contributed by atoms with E-state index in [1.54, 1.807) is 6.07 Å². The second-order valence-corrected chi connectivity index (χ2v) is 4.22. The lowest BCUT2D eigenvalue weighted by atomic mass is 9.99. The van der Waals surface area contributed by atoms with Crippen LogP contribution in [0.2, 0.25) is 0 Å². The van der Waals surface area contributed by atoms with Crippen molar-refractivity contribution >= 4 is 5.97 Å². The van der Waals surface area contributed by atoms with Crippen molar-refractivity contribution < 1.29 is 19.4 Å². The fourth-order valence-electron chi connectivity index (χ4n) is 1.83.